The molecule has 0 bridgehead atoms. The van der Waals surface area contributed by atoms with Gasteiger partial charge in [-0.05, 0) is 12.7 Å². The van der Waals surface area contributed by atoms with E-state index in [2.05, 4.69) is 0 Å². The van der Waals surface area contributed by atoms with Crippen LogP contribution in [0, 0.1) is 11.3 Å². The predicted molar refractivity (Wildman–Crippen MR) is 81.1 cm³/mol. The first-order valence-electron chi connectivity index (χ1n) is 7.46. The van der Waals surface area contributed by atoms with Gasteiger partial charge in [0.2, 0.25) is 0 Å². The lowest BCUT2D eigenvalue weighted by molar-refractivity contribution is -0.144. The van der Waals surface area contributed by atoms with E-state index in [-0.39, 0.29) is 30.8 Å². The van der Waals surface area contributed by atoms with Gasteiger partial charge < -0.3 is 36.4 Å². The van der Waals surface area contributed by atoms with Gasteiger partial charge in [-0.15, -0.1) is 0 Å². The standard InChI is InChI=1S/C12H24BN5O4/c14-9-5-17(6-9)11(15)18-4-8(2-1-3-13(21)22)12(16,7-18)10(19)20/h8-9,15,21-22H,1-7,14,16H2,(H,19,20). The number of rotatable bonds is 5. The quantitative estimate of drug-likeness (QED) is 0.185. The van der Waals surface area contributed by atoms with Crippen LogP contribution in [-0.4, -0.2) is 81.8 Å². The number of likely N-dealkylation sites (tertiary alicyclic amines) is 2. The molecule has 0 aromatic heterocycles. The van der Waals surface area contributed by atoms with Crippen LogP contribution in [0.4, 0.5) is 0 Å². The molecule has 2 fully saturated rings. The average molecular weight is 313 g/mol. The Kier molecular flexibility index (Phi) is 4.95. The van der Waals surface area contributed by atoms with Crippen molar-refractivity contribution >= 4 is 19.0 Å². The van der Waals surface area contributed by atoms with E-state index in [9.17, 15) is 9.90 Å². The van der Waals surface area contributed by atoms with Gasteiger partial charge in [-0.2, -0.15) is 0 Å². The normalized spacial score (nSPS) is 28.6. The zero-order chi connectivity index (χ0) is 16.5. The Labute approximate surface area is 129 Å². The number of carboxylic acids is 1. The van der Waals surface area contributed by atoms with Gasteiger partial charge in [0.25, 0.3) is 0 Å². The van der Waals surface area contributed by atoms with Crippen molar-refractivity contribution in [3.05, 3.63) is 0 Å². The third kappa shape index (κ3) is 3.35. The molecule has 8 N–H and O–H groups in total. The molecule has 0 saturated carbocycles. The van der Waals surface area contributed by atoms with Gasteiger partial charge in [-0.3, -0.25) is 10.2 Å². The summed E-state index contributed by atoms with van der Waals surface area (Å²) in [6.45, 7) is 1.66. The van der Waals surface area contributed by atoms with E-state index < -0.39 is 18.6 Å². The zero-order valence-corrected chi connectivity index (χ0v) is 12.5. The van der Waals surface area contributed by atoms with E-state index >= 15 is 0 Å². The lowest BCUT2D eigenvalue weighted by Crippen LogP contribution is -2.61. The number of guanidine groups is 1. The van der Waals surface area contributed by atoms with E-state index in [1.54, 1.807) is 9.80 Å². The summed E-state index contributed by atoms with van der Waals surface area (Å²) in [5.41, 5.74) is 10.4. The maximum Gasteiger partial charge on any atom is 0.451 e. The summed E-state index contributed by atoms with van der Waals surface area (Å²) in [5, 5.41) is 35.4. The van der Waals surface area contributed by atoms with Crippen LogP contribution in [0.25, 0.3) is 0 Å². The van der Waals surface area contributed by atoms with Crippen molar-refractivity contribution in [1.29, 1.82) is 5.41 Å². The molecule has 2 rings (SSSR count). The van der Waals surface area contributed by atoms with E-state index in [1.807, 2.05) is 0 Å². The Hall–Kier alpha value is -1.36. The Morgan fingerprint density at radius 3 is 2.45 bits per heavy atom. The van der Waals surface area contributed by atoms with Crippen molar-refractivity contribution in [3.8, 4) is 0 Å². The maximum absolute atomic E-state index is 11.5. The van der Waals surface area contributed by atoms with Crippen molar-refractivity contribution in [3.63, 3.8) is 0 Å². The van der Waals surface area contributed by atoms with E-state index in [0.29, 0.717) is 32.5 Å². The van der Waals surface area contributed by atoms with Crippen molar-refractivity contribution in [2.45, 2.75) is 30.7 Å². The number of hydrogen-bond acceptors (Lipinski definition) is 6. The molecule has 22 heavy (non-hydrogen) atoms. The fourth-order valence-electron chi connectivity index (χ4n) is 3.12. The monoisotopic (exact) mass is 313 g/mol. The second kappa shape index (κ2) is 6.41. The van der Waals surface area contributed by atoms with Gasteiger partial charge in [-0.1, -0.05) is 6.42 Å². The molecule has 0 amide bonds. The van der Waals surface area contributed by atoms with Crippen LogP contribution >= 0.6 is 0 Å². The molecular weight excluding hydrogens is 289 g/mol. The molecule has 0 aliphatic carbocycles. The first-order valence-corrected chi connectivity index (χ1v) is 7.46. The molecule has 2 unspecified atom stereocenters. The SMILES string of the molecule is N=C(N1CC(N)C1)N1CC(CCCB(O)O)C(N)(C(=O)O)C1. The summed E-state index contributed by atoms with van der Waals surface area (Å²) in [5.74, 6) is -1.15. The van der Waals surface area contributed by atoms with Crippen LogP contribution in [0.1, 0.15) is 12.8 Å². The molecule has 2 aliphatic heterocycles. The lowest BCUT2D eigenvalue weighted by atomic mass is 9.78. The minimum Gasteiger partial charge on any atom is -0.480 e. The van der Waals surface area contributed by atoms with Crippen molar-refractivity contribution in [1.82, 2.24) is 9.80 Å². The molecule has 9 nitrogen and oxygen atoms in total. The van der Waals surface area contributed by atoms with Gasteiger partial charge in [0.1, 0.15) is 5.54 Å². The highest BCUT2D eigenvalue weighted by molar-refractivity contribution is 6.40. The number of aliphatic carboxylic acids is 1. The number of nitrogens with one attached hydrogen (secondary N) is 1. The Bertz CT molecular complexity index is 445. The molecule has 0 radical (unpaired) electrons. The first-order chi connectivity index (χ1) is 10.2. The molecule has 2 saturated heterocycles. The Morgan fingerprint density at radius 1 is 1.32 bits per heavy atom. The fourth-order valence-corrected chi connectivity index (χ4v) is 3.12. The zero-order valence-electron chi connectivity index (χ0n) is 12.5. The van der Waals surface area contributed by atoms with Crippen LogP contribution in [-0.2, 0) is 4.79 Å². The summed E-state index contributed by atoms with van der Waals surface area (Å²) in [6.07, 6.45) is 1.14. The summed E-state index contributed by atoms with van der Waals surface area (Å²) in [6, 6.07) is 0.0619. The van der Waals surface area contributed by atoms with E-state index in [4.69, 9.17) is 26.9 Å². The molecule has 0 aromatic rings. The van der Waals surface area contributed by atoms with E-state index in [0.717, 1.165) is 0 Å². The fraction of sp³-hybridized carbons (Fsp3) is 0.833. The average Bonchev–Trinajstić information content (AvgIpc) is 2.73. The van der Waals surface area contributed by atoms with Crippen LogP contribution in [0.15, 0.2) is 0 Å². The van der Waals surface area contributed by atoms with Gasteiger partial charge in [0.05, 0.1) is 0 Å². The number of carboxylic acid groups (broad SMARTS) is 1. The summed E-state index contributed by atoms with van der Waals surface area (Å²) in [4.78, 5) is 15.0. The summed E-state index contributed by atoms with van der Waals surface area (Å²) >= 11 is 0. The van der Waals surface area contributed by atoms with E-state index in [1.165, 1.54) is 0 Å². The number of hydrogen-bond donors (Lipinski definition) is 6. The molecule has 124 valence electrons. The van der Waals surface area contributed by atoms with Crippen molar-refractivity contribution < 1.29 is 19.9 Å². The molecular formula is C12H24BN5O4. The molecule has 2 atom stereocenters. The van der Waals surface area contributed by atoms with Gasteiger partial charge >= 0.3 is 13.1 Å². The predicted octanol–water partition coefficient (Wildman–Crippen LogP) is -2.47. The molecule has 0 aromatic carbocycles. The first kappa shape index (κ1) is 17.0. The Balaban J connectivity index is 1.98. The minimum atomic E-state index is -1.42. The number of carbonyl (C=O) groups is 1. The van der Waals surface area contributed by atoms with Crippen molar-refractivity contribution in [2.24, 2.45) is 17.4 Å². The van der Waals surface area contributed by atoms with Crippen LogP contribution in [0.3, 0.4) is 0 Å². The summed E-state index contributed by atoms with van der Waals surface area (Å²) < 4.78 is 0. The van der Waals surface area contributed by atoms with Gasteiger partial charge in [0, 0.05) is 38.1 Å². The Morgan fingerprint density at radius 2 is 1.95 bits per heavy atom. The third-order valence-electron chi connectivity index (χ3n) is 4.54. The highest BCUT2D eigenvalue weighted by Crippen LogP contribution is 2.31. The molecule has 10 heteroatoms. The van der Waals surface area contributed by atoms with Crippen molar-refractivity contribution in [2.75, 3.05) is 26.2 Å². The van der Waals surface area contributed by atoms with Gasteiger partial charge in [-0.25, -0.2) is 0 Å². The third-order valence-corrected chi connectivity index (χ3v) is 4.54. The minimum absolute atomic E-state index is 0.0619. The second-order valence-electron chi connectivity index (χ2n) is 6.32. The topological polar surface area (TPSA) is 160 Å². The largest absolute Gasteiger partial charge is 0.480 e. The van der Waals surface area contributed by atoms with Crippen LogP contribution < -0.4 is 11.5 Å². The molecule has 2 aliphatic rings. The number of nitrogens with zero attached hydrogens (tertiary/aromatic N) is 2. The maximum atomic E-state index is 11.5. The molecule has 0 spiro atoms. The lowest BCUT2D eigenvalue weighted by Gasteiger charge is -2.41. The highest BCUT2D eigenvalue weighted by atomic mass is 16.4. The van der Waals surface area contributed by atoms with Gasteiger partial charge in [0.15, 0.2) is 5.96 Å². The van der Waals surface area contributed by atoms with Crippen LogP contribution in [0.2, 0.25) is 6.32 Å². The highest BCUT2D eigenvalue weighted by Gasteiger charge is 2.50. The number of nitrogens with two attached hydrogens (primary N) is 2. The molecule has 2 heterocycles. The van der Waals surface area contributed by atoms with Crippen LogP contribution in [0.5, 0.6) is 0 Å². The summed E-state index contributed by atoms with van der Waals surface area (Å²) in [7, 11) is -1.39. The smallest absolute Gasteiger partial charge is 0.451 e. The second-order valence-corrected chi connectivity index (χ2v) is 6.32.